The van der Waals surface area contributed by atoms with Crippen LogP contribution in [0.15, 0.2) is 42.5 Å². The largest absolute Gasteiger partial charge is 0.395 e. The van der Waals surface area contributed by atoms with Crippen molar-refractivity contribution >= 4 is 17.4 Å². The summed E-state index contributed by atoms with van der Waals surface area (Å²) in [4.78, 5) is 20.6. The number of rotatable bonds is 4. The van der Waals surface area contributed by atoms with E-state index in [2.05, 4.69) is 28.1 Å². The fraction of sp³-hybridized carbons (Fsp3) is 0.333. The molecule has 1 aliphatic rings. The van der Waals surface area contributed by atoms with Crippen molar-refractivity contribution in [1.29, 1.82) is 0 Å². The fourth-order valence-electron chi connectivity index (χ4n) is 2.91. The summed E-state index contributed by atoms with van der Waals surface area (Å²) in [7, 11) is 1.67. The zero-order valence-corrected chi connectivity index (χ0v) is 13.3. The first-order valence-electron chi connectivity index (χ1n) is 7.89. The molecule has 0 saturated heterocycles. The topological polar surface area (TPSA) is 56.7 Å². The summed E-state index contributed by atoms with van der Waals surface area (Å²) < 4.78 is 0. The zero-order chi connectivity index (χ0) is 16.2. The van der Waals surface area contributed by atoms with Crippen LogP contribution in [-0.2, 0) is 6.42 Å². The molecule has 1 aliphatic heterocycles. The molecule has 1 aromatic carbocycles. The Morgan fingerprint density at radius 3 is 2.91 bits per heavy atom. The number of hydrogen-bond acceptors (Lipinski definition) is 4. The molecule has 23 heavy (non-hydrogen) atoms. The Labute approximate surface area is 136 Å². The second kappa shape index (κ2) is 6.79. The van der Waals surface area contributed by atoms with E-state index >= 15 is 0 Å². The maximum atomic E-state index is 12.3. The second-order valence-corrected chi connectivity index (χ2v) is 5.72. The number of aliphatic hydroxyl groups is 1. The lowest BCUT2D eigenvalue weighted by molar-refractivity contribution is 0.0761. The molecule has 1 amide bonds. The summed E-state index contributed by atoms with van der Waals surface area (Å²) in [5.41, 5.74) is 2.88. The van der Waals surface area contributed by atoms with E-state index in [1.807, 2.05) is 18.2 Å². The van der Waals surface area contributed by atoms with E-state index < -0.39 is 0 Å². The first kappa shape index (κ1) is 15.5. The standard InChI is InChI=1S/C18H21N3O2/c1-20(12-13-22)18(23)15-8-4-10-17(19-15)21-11-5-7-14-6-2-3-9-16(14)21/h2-4,6,8-10,22H,5,7,11-13H2,1H3. The van der Waals surface area contributed by atoms with E-state index in [0.717, 1.165) is 25.2 Å². The molecule has 0 spiro atoms. The Morgan fingerprint density at radius 2 is 2.09 bits per heavy atom. The fourth-order valence-corrected chi connectivity index (χ4v) is 2.91. The average molecular weight is 311 g/mol. The Bertz CT molecular complexity index is 702. The maximum absolute atomic E-state index is 12.3. The van der Waals surface area contributed by atoms with Gasteiger partial charge in [0.1, 0.15) is 11.5 Å². The Hall–Kier alpha value is -2.40. The first-order valence-corrected chi connectivity index (χ1v) is 7.89. The first-order chi connectivity index (χ1) is 11.2. The number of likely N-dealkylation sites (N-methyl/N-ethyl adjacent to an activating group) is 1. The molecule has 3 rings (SSSR count). The molecule has 0 unspecified atom stereocenters. The van der Waals surface area contributed by atoms with Gasteiger partial charge in [-0.05, 0) is 36.6 Å². The number of aromatic nitrogens is 1. The molecule has 0 aliphatic carbocycles. The van der Waals surface area contributed by atoms with Crippen molar-refractivity contribution in [2.75, 3.05) is 31.6 Å². The van der Waals surface area contributed by atoms with E-state index in [-0.39, 0.29) is 12.5 Å². The summed E-state index contributed by atoms with van der Waals surface area (Å²) in [6, 6.07) is 13.8. The monoisotopic (exact) mass is 311 g/mol. The van der Waals surface area contributed by atoms with E-state index in [1.165, 1.54) is 16.2 Å². The van der Waals surface area contributed by atoms with Crippen molar-refractivity contribution in [3.8, 4) is 0 Å². The SMILES string of the molecule is CN(CCO)C(=O)c1cccc(N2CCCc3ccccc32)n1. The van der Waals surface area contributed by atoms with Crippen LogP contribution in [0.1, 0.15) is 22.5 Å². The van der Waals surface area contributed by atoms with E-state index in [9.17, 15) is 4.79 Å². The molecule has 5 nitrogen and oxygen atoms in total. The Balaban J connectivity index is 1.91. The van der Waals surface area contributed by atoms with Gasteiger partial charge in [0.15, 0.2) is 0 Å². The van der Waals surface area contributed by atoms with Gasteiger partial charge in [0.25, 0.3) is 5.91 Å². The van der Waals surface area contributed by atoms with Gasteiger partial charge in [-0.2, -0.15) is 0 Å². The number of benzene rings is 1. The molecule has 5 heteroatoms. The highest BCUT2D eigenvalue weighted by Crippen LogP contribution is 2.32. The molecule has 2 aromatic rings. The van der Waals surface area contributed by atoms with Crippen molar-refractivity contribution in [3.63, 3.8) is 0 Å². The third-order valence-corrected chi connectivity index (χ3v) is 4.12. The van der Waals surface area contributed by atoms with Gasteiger partial charge in [-0.3, -0.25) is 4.79 Å². The highest BCUT2D eigenvalue weighted by Gasteiger charge is 2.20. The quantitative estimate of drug-likeness (QED) is 0.941. The van der Waals surface area contributed by atoms with E-state index in [0.29, 0.717) is 12.2 Å². The van der Waals surface area contributed by atoms with E-state index in [1.54, 1.807) is 13.1 Å². The molecular formula is C18H21N3O2. The van der Waals surface area contributed by atoms with Gasteiger partial charge < -0.3 is 14.9 Å². The molecule has 120 valence electrons. The van der Waals surface area contributed by atoms with Crippen LogP contribution in [0, 0.1) is 0 Å². The predicted octanol–water partition coefficient (Wildman–Crippen LogP) is 2.23. The van der Waals surface area contributed by atoms with Gasteiger partial charge >= 0.3 is 0 Å². The number of anilines is 2. The number of nitrogens with zero attached hydrogens (tertiary/aromatic N) is 3. The molecular weight excluding hydrogens is 290 g/mol. The number of carbonyl (C=O) groups excluding carboxylic acids is 1. The third kappa shape index (κ3) is 3.19. The van der Waals surface area contributed by atoms with Crippen LogP contribution in [0.25, 0.3) is 0 Å². The van der Waals surface area contributed by atoms with Crippen LogP contribution in [0.5, 0.6) is 0 Å². The predicted molar refractivity (Wildman–Crippen MR) is 90.1 cm³/mol. The van der Waals surface area contributed by atoms with Crippen LogP contribution < -0.4 is 4.90 Å². The molecule has 0 atom stereocenters. The third-order valence-electron chi connectivity index (χ3n) is 4.12. The van der Waals surface area contributed by atoms with Crippen molar-refractivity contribution in [3.05, 3.63) is 53.7 Å². The number of pyridine rings is 1. The molecule has 0 bridgehead atoms. The second-order valence-electron chi connectivity index (χ2n) is 5.72. The van der Waals surface area contributed by atoms with E-state index in [4.69, 9.17) is 5.11 Å². The lowest BCUT2D eigenvalue weighted by atomic mass is 10.0. The molecule has 0 radical (unpaired) electrons. The number of fused-ring (bicyclic) bond motifs is 1. The number of carbonyl (C=O) groups is 1. The Morgan fingerprint density at radius 1 is 1.26 bits per heavy atom. The van der Waals surface area contributed by atoms with Crippen molar-refractivity contribution in [2.24, 2.45) is 0 Å². The van der Waals surface area contributed by atoms with Crippen LogP contribution in [-0.4, -0.2) is 47.6 Å². The summed E-state index contributed by atoms with van der Waals surface area (Å²) in [6.45, 7) is 1.15. The van der Waals surface area contributed by atoms with Gasteiger partial charge in [0, 0.05) is 25.8 Å². The minimum Gasteiger partial charge on any atom is -0.395 e. The highest BCUT2D eigenvalue weighted by atomic mass is 16.3. The molecule has 1 aromatic heterocycles. The maximum Gasteiger partial charge on any atom is 0.272 e. The number of amides is 1. The zero-order valence-electron chi connectivity index (χ0n) is 13.3. The summed E-state index contributed by atoms with van der Waals surface area (Å²) >= 11 is 0. The number of aliphatic hydroxyl groups excluding tert-OH is 1. The smallest absolute Gasteiger partial charge is 0.272 e. The highest BCUT2D eigenvalue weighted by molar-refractivity contribution is 5.92. The van der Waals surface area contributed by atoms with Crippen LogP contribution >= 0.6 is 0 Å². The van der Waals surface area contributed by atoms with Gasteiger partial charge in [-0.1, -0.05) is 24.3 Å². The number of aryl methyl sites for hydroxylation is 1. The van der Waals surface area contributed by atoms with Gasteiger partial charge in [0.05, 0.1) is 6.61 Å². The van der Waals surface area contributed by atoms with Crippen molar-refractivity contribution in [2.45, 2.75) is 12.8 Å². The van der Waals surface area contributed by atoms with Crippen molar-refractivity contribution in [1.82, 2.24) is 9.88 Å². The molecule has 2 heterocycles. The van der Waals surface area contributed by atoms with Crippen LogP contribution in [0.3, 0.4) is 0 Å². The average Bonchev–Trinajstić information content (AvgIpc) is 2.61. The number of para-hydroxylation sites is 1. The number of hydrogen-bond donors (Lipinski definition) is 1. The normalized spacial score (nSPS) is 13.6. The Kier molecular flexibility index (Phi) is 4.57. The molecule has 0 fully saturated rings. The summed E-state index contributed by atoms with van der Waals surface area (Å²) in [5.74, 6) is 0.617. The van der Waals surface area contributed by atoms with Crippen molar-refractivity contribution < 1.29 is 9.90 Å². The summed E-state index contributed by atoms with van der Waals surface area (Å²) in [6.07, 6.45) is 2.14. The minimum absolute atomic E-state index is 0.0541. The molecule has 0 saturated carbocycles. The molecule has 1 N–H and O–H groups in total. The van der Waals surface area contributed by atoms with Crippen LogP contribution in [0.2, 0.25) is 0 Å². The lowest BCUT2D eigenvalue weighted by Crippen LogP contribution is -2.31. The van der Waals surface area contributed by atoms with Gasteiger partial charge in [-0.25, -0.2) is 4.98 Å². The van der Waals surface area contributed by atoms with Crippen LogP contribution in [0.4, 0.5) is 11.5 Å². The minimum atomic E-state index is -0.175. The van der Waals surface area contributed by atoms with Gasteiger partial charge in [0.2, 0.25) is 0 Å². The summed E-state index contributed by atoms with van der Waals surface area (Å²) in [5, 5.41) is 8.98. The lowest BCUT2D eigenvalue weighted by Gasteiger charge is -2.30. The van der Waals surface area contributed by atoms with Gasteiger partial charge in [-0.15, -0.1) is 0 Å².